The molecule has 0 saturated carbocycles. The molecule has 1 aromatic carbocycles. The Morgan fingerprint density at radius 1 is 1.25 bits per heavy atom. The van der Waals surface area contributed by atoms with Crippen LogP contribution in [-0.2, 0) is 30.6 Å². The van der Waals surface area contributed by atoms with Crippen molar-refractivity contribution >= 4 is 16.4 Å². The van der Waals surface area contributed by atoms with E-state index >= 15 is 0 Å². The monoisotopic (exact) mass is 357 g/mol. The molecular weight excluding hydrogens is 334 g/mol. The van der Waals surface area contributed by atoms with Crippen LogP contribution in [0.5, 0.6) is 0 Å². The molecule has 0 N–H and O–H groups in total. The number of ether oxygens (including phenoxy) is 2. The summed E-state index contributed by atoms with van der Waals surface area (Å²) in [5, 5.41) is 0. The van der Waals surface area contributed by atoms with Crippen molar-refractivity contribution in [3.05, 3.63) is 35.9 Å². The molecular formula is C16H23NO6S. The van der Waals surface area contributed by atoms with Gasteiger partial charge in [0.1, 0.15) is 17.7 Å². The Balaban J connectivity index is 2.06. The number of carbonyl (C=O) groups excluding carboxylic acids is 1. The minimum absolute atomic E-state index is 0.0224. The van der Waals surface area contributed by atoms with E-state index in [1.165, 1.54) is 0 Å². The van der Waals surface area contributed by atoms with Crippen molar-refractivity contribution in [1.29, 1.82) is 0 Å². The molecule has 1 amide bonds. The lowest BCUT2D eigenvalue weighted by Crippen LogP contribution is -2.46. The summed E-state index contributed by atoms with van der Waals surface area (Å²) in [5.74, 6) is 0. The quantitative estimate of drug-likeness (QED) is 0.823. The fourth-order valence-electron chi connectivity index (χ4n) is 2.27. The zero-order chi connectivity index (χ0) is 18.0. The molecule has 7 nitrogen and oxygen atoms in total. The third kappa shape index (κ3) is 4.68. The van der Waals surface area contributed by atoms with Crippen molar-refractivity contribution < 1.29 is 26.9 Å². The highest BCUT2D eigenvalue weighted by Gasteiger charge is 2.49. The van der Waals surface area contributed by atoms with Gasteiger partial charge in [-0.2, -0.15) is 12.7 Å². The maximum absolute atomic E-state index is 12.3. The van der Waals surface area contributed by atoms with Crippen molar-refractivity contribution in [3.63, 3.8) is 0 Å². The molecule has 0 aromatic heterocycles. The topological polar surface area (TPSA) is 82.1 Å². The van der Waals surface area contributed by atoms with E-state index in [2.05, 4.69) is 0 Å². The maximum atomic E-state index is 12.3. The largest absolute Gasteiger partial charge is 0.443 e. The van der Waals surface area contributed by atoms with Crippen LogP contribution in [0.3, 0.4) is 0 Å². The van der Waals surface area contributed by atoms with E-state index in [1.54, 1.807) is 27.7 Å². The Hall–Kier alpha value is -1.64. The Morgan fingerprint density at radius 3 is 2.46 bits per heavy atom. The third-order valence-corrected chi connectivity index (χ3v) is 4.78. The van der Waals surface area contributed by atoms with Gasteiger partial charge >= 0.3 is 16.4 Å². The van der Waals surface area contributed by atoms with Crippen LogP contribution in [0.1, 0.15) is 33.3 Å². The van der Waals surface area contributed by atoms with Crippen LogP contribution in [0.25, 0.3) is 0 Å². The van der Waals surface area contributed by atoms with Gasteiger partial charge in [-0.15, -0.1) is 0 Å². The van der Waals surface area contributed by atoms with Crippen molar-refractivity contribution in [3.8, 4) is 0 Å². The number of nitrogens with zero attached hydrogens (tertiary/aromatic N) is 1. The number of hydrogen-bond donors (Lipinski definition) is 0. The second-order valence-corrected chi connectivity index (χ2v) is 8.04. The van der Waals surface area contributed by atoms with Crippen LogP contribution in [0.2, 0.25) is 0 Å². The van der Waals surface area contributed by atoms with E-state index < -0.39 is 34.1 Å². The van der Waals surface area contributed by atoms with Gasteiger partial charge in [-0.25, -0.2) is 8.98 Å². The first-order valence-corrected chi connectivity index (χ1v) is 9.04. The van der Waals surface area contributed by atoms with Gasteiger partial charge in [0.05, 0.1) is 13.2 Å². The molecule has 1 heterocycles. The predicted molar refractivity (Wildman–Crippen MR) is 87.4 cm³/mol. The summed E-state index contributed by atoms with van der Waals surface area (Å²) in [6.45, 7) is 6.91. The van der Waals surface area contributed by atoms with Gasteiger partial charge in [0.25, 0.3) is 0 Å². The Bertz CT molecular complexity index is 668. The second-order valence-electron chi connectivity index (χ2n) is 6.60. The Morgan fingerprint density at radius 2 is 1.88 bits per heavy atom. The molecule has 1 aliphatic rings. The molecule has 8 heteroatoms. The van der Waals surface area contributed by atoms with Crippen molar-refractivity contribution in [2.45, 2.75) is 52.0 Å². The fourth-order valence-corrected chi connectivity index (χ4v) is 3.66. The molecule has 1 fully saturated rings. The molecule has 134 valence electrons. The van der Waals surface area contributed by atoms with E-state index in [-0.39, 0.29) is 6.61 Å². The first kappa shape index (κ1) is 18.7. The number of carbonyl (C=O) groups is 1. The van der Waals surface area contributed by atoms with E-state index in [4.69, 9.17) is 13.7 Å². The second kappa shape index (κ2) is 7.08. The van der Waals surface area contributed by atoms with Gasteiger partial charge in [-0.3, -0.25) is 0 Å². The lowest BCUT2D eigenvalue weighted by Gasteiger charge is -2.26. The maximum Gasteiger partial charge on any atom is 0.426 e. The van der Waals surface area contributed by atoms with Crippen LogP contribution in [0.15, 0.2) is 30.3 Å². The van der Waals surface area contributed by atoms with Gasteiger partial charge < -0.3 is 9.47 Å². The van der Waals surface area contributed by atoms with E-state index in [9.17, 15) is 13.2 Å². The zero-order valence-electron chi connectivity index (χ0n) is 14.3. The van der Waals surface area contributed by atoms with Gasteiger partial charge in [0.2, 0.25) is 0 Å². The number of hydrogen-bond acceptors (Lipinski definition) is 6. The van der Waals surface area contributed by atoms with Gasteiger partial charge in [0.15, 0.2) is 0 Å². The summed E-state index contributed by atoms with van der Waals surface area (Å²) in [5.41, 5.74) is 0.143. The molecule has 0 bridgehead atoms. The molecule has 0 aliphatic carbocycles. The van der Waals surface area contributed by atoms with Crippen LogP contribution in [0, 0.1) is 0 Å². The highest BCUT2D eigenvalue weighted by molar-refractivity contribution is 7.85. The molecule has 2 atom stereocenters. The minimum atomic E-state index is -4.17. The van der Waals surface area contributed by atoms with E-state index in [0.29, 0.717) is 10.9 Å². The molecule has 0 unspecified atom stereocenters. The van der Waals surface area contributed by atoms with Crippen LogP contribution in [-0.4, -0.2) is 43.2 Å². The van der Waals surface area contributed by atoms with Crippen LogP contribution in [0.4, 0.5) is 4.79 Å². The third-order valence-electron chi connectivity index (χ3n) is 3.33. The van der Waals surface area contributed by atoms with Crippen LogP contribution < -0.4 is 0 Å². The SMILES string of the molecule is C[C@@H]1OS(=O)(=O)N(C(=O)OC(C)(C)C)[C@@H]1COCc1ccccc1. The Labute approximate surface area is 142 Å². The smallest absolute Gasteiger partial charge is 0.426 e. The van der Waals surface area contributed by atoms with E-state index in [1.807, 2.05) is 30.3 Å². The Kier molecular flexibility index (Phi) is 5.52. The van der Waals surface area contributed by atoms with Gasteiger partial charge in [-0.1, -0.05) is 30.3 Å². The standard InChI is InChI=1S/C16H23NO6S/c1-12-14(11-21-10-13-8-6-5-7-9-13)17(24(19,20)23-12)15(18)22-16(2,3)4/h5-9,12,14H,10-11H2,1-4H3/t12-,14+/m0/s1. The first-order valence-electron chi connectivity index (χ1n) is 7.67. The van der Waals surface area contributed by atoms with Gasteiger partial charge in [-0.05, 0) is 33.3 Å². The fraction of sp³-hybridized carbons (Fsp3) is 0.562. The minimum Gasteiger partial charge on any atom is -0.443 e. The summed E-state index contributed by atoms with van der Waals surface area (Å²) < 4.78 is 40.5. The van der Waals surface area contributed by atoms with Crippen molar-refractivity contribution in [1.82, 2.24) is 4.31 Å². The molecule has 0 spiro atoms. The molecule has 1 aromatic rings. The normalized spacial score (nSPS) is 23.2. The predicted octanol–water partition coefficient (Wildman–Crippen LogP) is 2.47. The highest BCUT2D eigenvalue weighted by Crippen LogP contribution is 2.27. The van der Waals surface area contributed by atoms with Crippen molar-refractivity contribution in [2.75, 3.05) is 6.61 Å². The summed E-state index contributed by atoms with van der Waals surface area (Å²) in [6, 6.07) is 8.70. The van der Waals surface area contributed by atoms with Gasteiger partial charge in [0, 0.05) is 0 Å². The highest BCUT2D eigenvalue weighted by atomic mass is 32.2. The lowest BCUT2D eigenvalue weighted by atomic mass is 10.2. The summed E-state index contributed by atoms with van der Waals surface area (Å²) in [6.07, 6.45) is -1.67. The first-order chi connectivity index (χ1) is 11.1. The molecule has 2 rings (SSSR count). The zero-order valence-corrected chi connectivity index (χ0v) is 15.1. The molecule has 0 radical (unpaired) electrons. The van der Waals surface area contributed by atoms with Crippen LogP contribution >= 0.6 is 0 Å². The number of benzene rings is 1. The molecule has 1 aliphatic heterocycles. The number of rotatable bonds is 4. The molecule has 24 heavy (non-hydrogen) atoms. The van der Waals surface area contributed by atoms with E-state index in [0.717, 1.165) is 5.56 Å². The summed E-state index contributed by atoms with van der Waals surface area (Å²) >= 11 is 0. The summed E-state index contributed by atoms with van der Waals surface area (Å²) in [4.78, 5) is 12.3. The molecule has 1 saturated heterocycles. The summed E-state index contributed by atoms with van der Waals surface area (Å²) in [7, 11) is -4.17. The number of amides is 1. The average Bonchev–Trinajstić information content (AvgIpc) is 2.67. The average molecular weight is 357 g/mol. The lowest BCUT2D eigenvalue weighted by molar-refractivity contribution is 0.0179. The van der Waals surface area contributed by atoms with Crippen molar-refractivity contribution in [2.24, 2.45) is 0 Å².